The minimum absolute atomic E-state index is 0.0295. The van der Waals surface area contributed by atoms with Crippen molar-refractivity contribution in [2.75, 3.05) is 18.8 Å². The average Bonchev–Trinajstić information content (AvgIpc) is 3.18. The molecule has 124 valence electrons. The molecule has 2 saturated heterocycles. The Balaban J connectivity index is 1.44. The van der Waals surface area contributed by atoms with E-state index in [9.17, 15) is 14.4 Å². The number of aromatic amines is 1. The van der Waals surface area contributed by atoms with Crippen LogP contribution in [0.15, 0.2) is 30.3 Å². The van der Waals surface area contributed by atoms with Crippen LogP contribution in [0.3, 0.4) is 0 Å². The maximum Gasteiger partial charge on any atom is 0.289 e. The summed E-state index contributed by atoms with van der Waals surface area (Å²) in [7, 11) is 0. The van der Waals surface area contributed by atoms with Crippen molar-refractivity contribution in [3.05, 3.63) is 36.0 Å². The minimum Gasteiger partial charge on any atom is -0.351 e. The molecule has 1 aromatic carbocycles. The average molecular weight is 343 g/mol. The van der Waals surface area contributed by atoms with Gasteiger partial charge in [0, 0.05) is 30.0 Å². The van der Waals surface area contributed by atoms with Crippen molar-refractivity contribution in [3.8, 4) is 0 Å². The van der Waals surface area contributed by atoms with E-state index in [4.69, 9.17) is 0 Å². The topological polar surface area (TPSA) is 73.5 Å². The molecule has 6 nitrogen and oxygen atoms in total. The number of fused-ring (bicyclic) bond motifs is 1. The highest BCUT2D eigenvalue weighted by molar-refractivity contribution is 8.14. The van der Waals surface area contributed by atoms with Crippen LogP contribution in [0.25, 0.3) is 10.9 Å². The number of imide groups is 1. The summed E-state index contributed by atoms with van der Waals surface area (Å²) in [6.07, 6.45) is 1.29. The molecule has 0 bridgehead atoms. The Morgan fingerprint density at radius 2 is 1.92 bits per heavy atom. The van der Waals surface area contributed by atoms with Crippen molar-refractivity contribution in [2.45, 2.75) is 18.9 Å². The van der Waals surface area contributed by atoms with Gasteiger partial charge in [-0.25, -0.2) is 0 Å². The first kappa shape index (κ1) is 15.3. The highest BCUT2D eigenvalue weighted by Crippen LogP contribution is 2.27. The van der Waals surface area contributed by atoms with E-state index in [2.05, 4.69) is 4.98 Å². The van der Waals surface area contributed by atoms with Crippen LogP contribution in [0.2, 0.25) is 0 Å². The first-order chi connectivity index (χ1) is 11.6. The van der Waals surface area contributed by atoms with Crippen molar-refractivity contribution in [3.63, 3.8) is 0 Å². The number of amides is 3. The van der Waals surface area contributed by atoms with Gasteiger partial charge < -0.3 is 9.88 Å². The number of piperidine rings is 1. The van der Waals surface area contributed by atoms with E-state index in [0.717, 1.165) is 22.7 Å². The molecular formula is C17H17N3O3S. The maximum atomic E-state index is 12.7. The second-order valence-electron chi connectivity index (χ2n) is 6.11. The molecule has 24 heavy (non-hydrogen) atoms. The highest BCUT2D eigenvalue weighted by atomic mass is 32.2. The van der Waals surface area contributed by atoms with E-state index in [1.54, 1.807) is 4.90 Å². The summed E-state index contributed by atoms with van der Waals surface area (Å²) in [6, 6.07) is 9.58. The lowest BCUT2D eigenvalue weighted by atomic mass is 10.0. The molecule has 0 unspecified atom stereocenters. The third-order valence-corrected chi connectivity index (χ3v) is 5.50. The molecule has 1 N–H and O–H groups in total. The number of carbonyl (C=O) groups excluding carboxylic acids is 3. The fourth-order valence-electron chi connectivity index (χ4n) is 3.40. The van der Waals surface area contributed by atoms with Crippen LogP contribution in [-0.2, 0) is 4.79 Å². The maximum absolute atomic E-state index is 12.7. The fraction of sp³-hybridized carbons (Fsp3) is 0.353. The van der Waals surface area contributed by atoms with Gasteiger partial charge in [0.2, 0.25) is 5.91 Å². The van der Waals surface area contributed by atoms with Crippen LogP contribution in [0.1, 0.15) is 23.3 Å². The minimum atomic E-state index is -0.152. The monoisotopic (exact) mass is 343 g/mol. The molecule has 2 aromatic rings. The number of likely N-dealkylation sites (tertiary alicyclic amines) is 1. The van der Waals surface area contributed by atoms with Crippen molar-refractivity contribution in [1.82, 2.24) is 14.8 Å². The lowest BCUT2D eigenvalue weighted by Crippen LogP contribution is -2.48. The Labute approximate surface area is 143 Å². The molecule has 0 radical (unpaired) electrons. The van der Waals surface area contributed by atoms with Crippen molar-refractivity contribution >= 4 is 39.7 Å². The Morgan fingerprint density at radius 3 is 2.58 bits per heavy atom. The van der Waals surface area contributed by atoms with Crippen LogP contribution in [0.4, 0.5) is 4.79 Å². The summed E-state index contributed by atoms with van der Waals surface area (Å²) in [6.45, 7) is 1.11. The number of para-hydroxylation sites is 1. The predicted molar refractivity (Wildman–Crippen MR) is 91.9 cm³/mol. The van der Waals surface area contributed by atoms with Crippen LogP contribution < -0.4 is 0 Å². The molecule has 0 aliphatic carbocycles. The predicted octanol–water partition coefficient (Wildman–Crippen LogP) is 2.47. The number of benzene rings is 1. The van der Waals surface area contributed by atoms with E-state index < -0.39 is 0 Å². The summed E-state index contributed by atoms with van der Waals surface area (Å²) in [5, 5.41) is 0.862. The number of hydrogen-bond acceptors (Lipinski definition) is 4. The Morgan fingerprint density at radius 1 is 1.17 bits per heavy atom. The largest absolute Gasteiger partial charge is 0.351 e. The van der Waals surface area contributed by atoms with Gasteiger partial charge in [-0.2, -0.15) is 0 Å². The second kappa shape index (κ2) is 5.98. The van der Waals surface area contributed by atoms with Crippen LogP contribution in [-0.4, -0.2) is 56.7 Å². The summed E-state index contributed by atoms with van der Waals surface area (Å²) < 4.78 is 0. The Bertz CT molecular complexity index is 774. The number of nitrogens with one attached hydrogen (secondary N) is 1. The SMILES string of the molecule is O=C(c1cc2ccccc2[nH]1)N1CCC(N2C(=O)CSC2=O)CC1. The molecule has 3 amide bonds. The molecule has 0 atom stereocenters. The number of thioether (sulfide) groups is 1. The first-order valence-corrected chi connectivity index (χ1v) is 8.98. The quantitative estimate of drug-likeness (QED) is 0.909. The first-order valence-electron chi connectivity index (χ1n) is 7.99. The standard InChI is InChI=1S/C17H17N3O3S/c21-15-10-24-17(23)20(15)12-5-7-19(8-6-12)16(22)14-9-11-3-1-2-4-13(11)18-14/h1-4,9,12,18H,5-8,10H2. The summed E-state index contributed by atoms with van der Waals surface area (Å²) in [5.74, 6) is 0.107. The van der Waals surface area contributed by atoms with Crippen LogP contribution >= 0.6 is 11.8 Å². The van der Waals surface area contributed by atoms with E-state index in [-0.39, 0.29) is 28.8 Å². The molecular weight excluding hydrogens is 326 g/mol. The van der Waals surface area contributed by atoms with Gasteiger partial charge in [0.05, 0.1) is 5.75 Å². The number of hydrogen-bond donors (Lipinski definition) is 1. The van der Waals surface area contributed by atoms with E-state index >= 15 is 0 Å². The Kier molecular flexibility index (Phi) is 3.80. The number of rotatable bonds is 2. The molecule has 0 saturated carbocycles. The van der Waals surface area contributed by atoms with Crippen LogP contribution in [0.5, 0.6) is 0 Å². The number of aromatic nitrogens is 1. The van der Waals surface area contributed by atoms with Gasteiger partial charge >= 0.3 is 0 Å². The molecule has 0 spiro atoms. The lowest BCUT2D eigenvalue weighted by molar-refractivity contribution is -0.126. The molecule has 4 rings (SSSR count). The zero-order chi connectivity index (χ0) is 16.7. The van der Waals surface area contributed by atoms with E-state index in [0.29, 0.717) is 31.6 Å². The third-order valence-electron chi connectivity index (χ3n) is 4.66. The molecule has 2 aliphatic heterocycles. The van der Waals surface area contributed by atoms with Gasteiger partial charge in [0.25, 0.3) is 11.1 Å². The normalized spacial score (nSPS) is 19.5. The van der Waals surface area contributed by atoms with Crippen LogP contribution in [0, 0.1) is 0 Å². The molecule has 2 aliphatic rings. The van der Waals surface area contributed by atoms with Gasteiger partial charge in [0.1, 0.15) is 5.69 Å². The zero-order valence-corrected chi connectivity index (χ0v) is 13.8. The fourth-order valence-corrected chi connectivity index (χ4v) is 4.18. The highest BCUT2D eigenvalue weighted by Gasteiger charge is 2.38. The van der Waals surface area contributed by atoms with E-state index in [1.807, 2.05) is 30.3 Å². The number of H-pyrrole nitrogens is 1. The smallest absolute Gasteiger partial charge is 0.289 e. The Hall–Kier alpha value is -2.28. The van der Waals surface area contributed by atoms with Crippen molar-refractivity contribution in [1.29, 1.82) is 0 Å². The lowest BCUT2D eigenvalue weighted by Gasteiger charge is -2.35. The second-order valence-corrected chi connectivity index (χ2v) is 7.04. The van der Waals surface area contributed by atoms with Gasteiger partial charge in [0.15, 0.2) is 0 Å². The number of carbonyl (C=O) groups is 3. The van der Waals surface area contributed by atoms with Gasteiger partial charge in [-0.1, -0.05) is 30.0 Å². The molecule has 3 heterocycles. The van der Waals surface area contributed by atoms with Gasteiger partial charge in [-0.05, 0) is 25.0 Å². The zero-order valence-electron chi connectivity index (χ0n) is 13.0. The summed E-state index contributed by atoms with van der Waals surface area (Å²) in [4.78, 5) is 42.6. The third kappa shape index (κ3) is 2.58. The molecule has 2 fully saturated rings. The van der Waals surface area contributed by atoms with Crippen molar-refractivity contribution < 1.29 is 14.4 Å². The van der Waals surface area contributed by atoms with Crippen molar-refractivity contribution in [2.24, 2.45) is 0 Å². The van der Waals surface area contributed by atoms with E-state index in [1.165, 1.54) is 4.90 Å². The summed E-state index contributed by atoms with van der Waals surface area (Å²) >= 11 is 1.07. The van der Waals surface area contributed by atoms with Gasteiger partial charge in [-0.15, -0.1) is 0 Å². The summed E-state index contributed by atoms with van der Waals surface area (Å²) in [5.41, 5.74) is 1.53. The molecule has 7 heteroatoms. The van der Waals surface area contributed by atoms with Gasteiger partial charge in [-0.3, -0.25) is 19.3 Å². The number of nitrogens with zero attached hydrogens (tertiary/aromatic N) is 2. The molecule has 1 aromatic heterocycles.